The average molecular weight is 299 g/mol. The van der Waals surface area contributed by atoms with Crippen molar-refractivity contribution in [2.45, 2.75) is 19.8 Å². The Labute approximate surface area is 131 Å². The van der Waals surface area contributed by atoms with E-state index in [-0.39, 0.29) is 5.91 Å². The molecule has 4 nitrogen and oxygen atoms in total. The number of ether oxygens (including phenoxy) is 2. The number of anilines is 1. The second-order valence-electron chi connectivity index (χ2n) is 4.79. The van der Waals surface area contributed by atoms with E-state index in [2.05, 4.69) is 5.32 Å². The lowest BCUT2D eigenvalue weighted by molar-refractivity contribution is -0.116. The Hall–Kier alpha value is -2.49. The number of para-hydroxylation sites is 3. The molecule has 0 fully saturated rings. The monoisotopic (exact) mass is 299 g/mol. The average Bonchev–Trinajstić information content (AvgIpc) is 2.55. The molecule has 22 heavy (non-hydrogen) atoms. The van der Waals surface area contributed by atoms with Gasteiger partial charge in [0.1, 0.15) is 11.5 Å². The van der Waals surface area contributed by atoms with Gasteiger partial charge in [0.05, 0.1) is 19.4 Å². The van der Waals surface area contributed by atoms with Gasteiger partial charge in [0.25, 0.3) is 0 Å². The van der Waals surface area contributed by atoms with E-state index in [1.54, 1.807) is 7.11 Å². The van der Waals surface area contributed by atoms with E-state index >= 15 is 0 Å². The van der Waals surface area contributed by atoms with Crippen molar-refractivity contribution < 1.29 is 14.3 Å². The number of carbonyl (C=O) groups is 1. The lowest BCUT2D eigenvalue weighted by atomic mass is 10.1. The van der Waals surface area contributed by atoms with Crippen molar-refractivity contribution in [2.75, 3.05) is 19.0 Å². The summed E-state index contributed by atoms with van der Waals surface area (Å²) < 4.78 is 10.8. The molecule has 116 valence electrons. The molecule has 0 aromatic heterocycles. The smallest absolute Gasteiger partial charge is 0.224 e. The number of hydrogen-bond acceptors (Lipinski definition) is 3. The Kier molecular flexibility index (Phi) is 5.83. The standard InChI is InChI=1S/C18H21NO3/c1-3-22-17-11-7-5-9-15(17)19-18(20)13-12-14-8-4-6-10-16(14)21-2/h4-11H,3,12-13H2,1-2H3,(H,19,20). The van der Waals surface area contributed by atoms with Gasteiger partial charge in [-0.05, 0) is 37.1 Å². The normalized spacial score (nSPS) is 10.1. The second kappa shape index (κ2) is 8.08. The SMILES string of the molecule is CCOc1ccccc1NC(=O)CCc1ccccc1OC. The van der Waals surface area contributed by atoms with Crippen molar-refractivity contribution >= 4 is 11.6 Å². The van der Waals surface area contributed by atoms with Gasteiger partial charge in [-0.1, -0.05) is 30.3 Å². The fourth-order valence-electron chi connectivity index (χ4n) is 2.22. The van der Waals surface area contributed by atoms with Crippen LogP contribution in [0.3, 0.4) is 0 Å². The molecule has 2 rings (SSSR count). The number of aryl methyl sites for hydroxylation is 1. The highest BCUT2D eigenvalue weighted by Gasteiger charge is 2.09. The first kappa shape index (κ1) is 15.9. The summed E-state index contributed by atoms with van der Waals surface area (Å²) in [5.74, 6) is 1.46. The van der Waals surface area contributed by atoms with Gasteiger partial charge in [-0.25, -0.2) is 0 Å². The van der Waals surface area contributed by atoms with E-state index < -0.39 is 0 Å². The number of amides is 1. The molecule has 0 saturated heterocycles. The van der Waals surface area contributed by atoms with Gasteiger partial charge in [-0.15, -0.1) is 0 Å². The predicted octanol–water partition coefficient (Wildman–Crippen LogP) is 3.67. The van der Waals surface area contributed by atoms with E-state index in [9.17, 15) is 4.79 Å². The minimum absolute atomic E-state index is 0.0435. The summed E-state index contributed by atoms with van der Waals surface area (Å²) in [5.41, 5.74) is 1.73. The van der Waals surface area contributed by atoms with Crippen LogP contribution in [0.2, 0.25) is 0 Å². The highest BCUT2D eigenvalue weighted by Crippen LogP contribution is 2.24. The summed E-state index contributed by atoms with van der Waals surface area (Å²) in [5, 5.41) is 2.90. The van der Waals surface area contributed by atoms with Crippen LogP contribution in [0.1, 0.15) is 18.9 Å². The Morgan fingerprint density at radius 3 is 2.45 bits per heavy atom. The maximum absolute atomic E-state index is 12.1. The maximum Gasteiger partial charge on any atom is 0.224 e. The molecule has 2 aromatic rings. The van der Waals surface area contributed by atoms with Crippen LogP contribution < -0.4 is 14.8 Å². The molecule has 0 unspecified atom stereocenters. The largest absolute Gasteiger partial charge is 0.496 e. The third-order valence-electron chi connectivity index (χ3n) is 3.27. The van der Waals surface area contributed by atoms with Crippen molar-refractivity contribution in [2.24, 2.45) is 0 Å². The van der Waals surface area contributed by atoms with Crippen LogP contribution >= 0.6 is 0 Å². The van der Waals surface area contributed by atoms with Crippen LogP contribution in [0, 0.1) is 0 Å². The summed E-state index contributed by atoms with van der Waals surface area (Å²) in [6, 6.07) is 15.2. The molecule has 1 amide bonds. The van der Waals surface area contributed by atoms with Crippen LogP contribution in [0.15, 0.2) is 48.5 Å². The third kappa shape index (κ3) is 4.25. The molecule has 0 heterocycles. The molecular formula is C18H21NO3. The van der Waals surface area contributed by atoms with Crippen molar-refractivity contribution in [1.82, 2.24) is 0 Å². The van der Waals surface area contributed by atoms with Gasteiger partial charge in [0, 0.05) is 6.42 Å². The first-order valence-electron chi connectivity index (χ1n) is 7.38. The van der Waals surface area contributed by atoms with Crippen molar-refractivity contribution in [3.8, 4) is 11.5 Å². The molecule has 0 atom stereocenters. The first-order chi connectivity index (χ1) is 10.7. The number of carbonyl (C=O) groups excluding carboxylic acids is 1. The lowest BCUT2D eigenvalue weighted by Crippen LogP contribution is -2.13. The number of benzene rings is 2. The highest BCUT2D eigenvalue weighted by molar-refractivity contribution is 5.92. The lowest BCUT2D eigenvalue weighted by Gasteiger charge is -2.12. The first-order valence-corrected chi connectivity index (χ1v) is 7.38. The van der Waals surface area contributed by atoms with Gasteiger partial charge in [-0.3, -0.25) is 4.79 Å². The zero-order chi connectivity index (χ0) is 15.8. The van der Waals surface area contributed by atoms with Crippen LogP contribution in [0.5, 0.6) is 11.5 Å². The highest BCUT2D eigenvalue weighted by atomic mass is 16.5. The van der Waals surface area contributed by atoms with Gasteiger partial charge < -0.3 is 14.8 Å². The van der Waals surface area contributed by atoms with Gasteiger partial charge in [-0.2, -0.15) is 0 Å². The Balaban J connectivity index is 1.96. The van der Waals surface area contributed by atoms with E-state index in [1.807, 2.05) is 55.5 Å². The van der Waals surface area contributed by atoms with Gasteiger partial charge >= 0.3 is 0 Å². The van der Waals surface area contributed by atoms with Crippen LogP contribution in [-0.2, 0) is 11.2 Å². The molecule has 0 aliphatic rings. The van der Waals surface area contributed by atoms with E-state index in [4.69, 9.17) is 9.47 Å². The quantitative estimate of drug-likeness (QED) is 0.848. The summed E-state index contributed by atoms with van der Waals surface area (Å²) in [6.07, 6.45) is 1.02. The Morgan fingerprint density at radius 1 is 1.05 bits per heavy atom. The molecule has 0 bridgehead atoms. The van der Waals surface area contributed by atoms with Gasteiger partial charge in [0.2, 0.25) is 5.91 Å². The zero-order valence-electron chi connectivity index (χ0n) is 13.0. The fourth-order valence-corrected chi connectivity index (χ4v) is 2.22. The maximum atomic E-state index is 12.1. The molecule has 0 saturated carbocycles. The number of nitrogens with one attached hydrogen (secondary N) is 1. The molecule has 0 radical (unpaired) electrons. The van der Waals surface area contributed by atoms with Crippen LogP contribution in [0.4, 0.5) is 5.69 Å². The minimum Gasteiger partial charge on any atom is -0.496 e. The number of rotatable bonds is 7. The van der Waals surface area contributed by atoms with Gasteiger partial charge in [0.15, 0.2) is 0 Å². The molecule has 0 spiro atoms. The topological polar surface area (TPSA) is 47.6 Å². The zero-order valence-corrected chi connectivity index (χ0v) is 13.0. The molecule has 1 N–H and O–H groups in total. The molecule has 0 aliphatic heterocycles. The van der Waals surface area contributed by atoms with E-state index in [0.717, 1.165) is 11.3 Å². The second-order valence-corrected chi connectivity index (χ2v) is 4.79. The van der Waals surface area contributed by atoms with Crippen LogP contribution in [0.25, 0.3) is 0 Å². The van der Waals surface area contributed by atoms with Crippen molar-refractivity contribution in [3.05, 3.63) is 54.1 Å². The Bertz CT molecular complexity index is 625. The summed E-state index contributed by atoms with van der Waals surface area (Å²) >= 11 is 0. The molecule has 4 heteroatoms. The molecule has 2 aromatic carbocycles. The number of hydrogen-bond donors (Lipinski definition) is 1. The van der Waals surface area contributed by atoms with Crippen molar-refractivity contribution in [3.63, 3.8) is 0 Å². The fraction of sp³-hybridized carbons (Fsp3) is 0.278. The van der Waals surface area contributed by atoms with E-state index in [0.29, 0.717) is 30.9 Å². The van der Waals surface area contributed by atoms with Crippen LogP contribution in [-0.4, -0.2) is 19.6 Å². The summed E-state index contributed by atoms with van der Waals surface area (Å²) in [7, 11) is 1.64. The minimum atomic E-state index is -0.0435. The summed E-state index contributed by atoms with van der Waals surface area (Å²) in [6.45, 7) is 2.48. The van der Waals surface area contributed by atoms with E-state index in [1.165, 1.54) is 0 Å². The summed E-state index contributed by atoms with van der Waals surface area (Å²) in [4.78, 5) is 12.1. The molecular weight excluding hydrogens is 278 g/mol. The third-order valence-corrected chi connectivity index (χ3v) is 3.27. The molecule has 0 aliphatic carbocycles. The predicted molar refractivity (Wildman–Crippen MR) is 87.6 cm³/mol. The number of methoxy groups -OCH3 is 1. The van der Waals surface area contributed by atoms with Crippen molar-refractivity contribution in [1.29, 1.82) is 0 Å². The Morgan fingerprint density at radius 2 is 1.73 bits per heavy atom.